The van der Waals surface area contributed by atoms with Gasteiger partial charge in [-0.15, -0.1) is 0 Å². The summed E-state index contributed by atoms with van der Waals surface area (Å²) in [5.74, 6) is 0.673. The zero-order chi connectivity index (χ0) is 19.6. The summed E-state index contributed by atoms with van der Waals surface area (Å²) in [6, 6.07) is 14.4. The molecule has 0 fully saturated rings. The minimum absolute atomic E-state index is 0.00585. The lowest BCUT2D eigenvalue weighted by molar-refractivity contribution is -0.121. The van der Waals surface area contributed by atoms with Crippen molar-refractivity contribution >= 4 is 5.91 Å². The Morgan fingerprint density at radius 3 is 1.85 bits per heavy atom. The van der Waals surface area contributed by atoms with Crippen LogP contribution in [0.4, 0.5) is 0 Å². The molecule has 0 aliphatic rings. The molecular formula is C23H31NO3. The Hall–Kier alpha value is -2.49. The zero-order valence-electron chi connectivity index (χ0n) is 16.3. The number of phenolic OH excluding ortho intramolecular Hbond substituents is 2. The fourth-order valence-corrected chi connectivity index (χ4v) is 3.56. The predicted octanol–water partition coefficient (Wildman–Crippen LogP) is 5.07. The molecule has 0 radical (unpaired) electrons. The van der Waals surface area contributed by atoms with Gasteiger partial charge in [0, 0.05) is 13.0 Å². The number of hydrogen-bond donors (Lipinski definition) is 3. The quantitative estimate of drug-likeness (QED) is 0.512. The molecule has 0 bridgehead atoms. The van der Waals surface area contributed by atoms with Crippen LogP contribution in [0.5, 0.6) is 11.5 Å². The van der Waals surface area contributed by atoms with Crippen LogP contribution in [0.15, 0.2) is 48.5 Å². The molecule has 0 saturated heterocycles. The molecule has 27 heavy (non-hydrogen) atoms. The topological polar surface area (TPSA) is 69.6 Å². The van der Waals surface area contributed by atoms with Crippen LogP contribution in [-0.4, -0.2) is 22.7 Å². The van der Waals surface area contributed by atoms with E-state index in [4.69, 9.17) is 0 Å². The lowest BCUT2D eigenvalue weighted by atomic mass is 9.78. The molecule has 0 heterocycles. The first-order chi connectivity index (χ1) is 13.0. The van der Waals surface area contributed by atoms with E-state index < -0.39 is 0 Å². The van der Waals surface area contributed by atoms with Gasteiger partial charge in [-0.25, -0.2) is 0 Å². The fourth-order valence-electron chi connectivity index (χ4n) is 3.56. The number of rotatable bonds is 10. The molecule has 0 aromatic heterocycles. The van der Waals surface area contributed by atoms with E-state index in [9.17, 15) is 15.0 Å². The second-order valence-electron chi connectivity index (χ2n) is 7.07. The highest BCUT2D eigenvalue weighted by Gasteiger charge is 2.26. The van der Waals surface area contributed by atoms with E-state index in [-0.39, 0.29) is 29.2 Å². The Balaban J connectivity index is 2.21. The minimum Gasteiger partial charge on any atom is -0.508 e. The van der Waals surface area contributed by atoms with Gasteiger partial charge in [0.05, 0.1) is 0 Å². The van der Waals surface area contributed by atoms with E-state index in [0.717, 1.165) is 36.8 Å². The number of benzene rings is 2. The highest BCUT2D eigenvalue weighted by Crippen LogP contribution is 2.39. The Kier molecular flexibility index (Phi) is 8.18. The van der Waals surface area contributed by atoms with Crippen molar-refractivity contribution in [3.8, 4) is 11.5 Å². The Morgan fingerprint density at radius 1 is 0.852 bits per heavy atom. The lowest BCUT2D eigenvalue weighted by Crippen LogP contribution is -2.27. The van der Waals surface area contributed by atoms with E-state index in [1.165, 1.54) is 0 Å². The fraction of sp³-hybridized carbons (Fsp3) is 0.435. The van der Waals surface area contributed by atoms with Crippen molar-refractivity contribution in [3.05, 3.63) is 59.7 Å². The van der Waals surface area contributed by atoms with E-state index >= 15 is 0 Å². The van der Waals surface area contributed by atoms with Crippen LogP contribution >= 0.6 is 0 Å². The number of carbonyl (C=O) groups is 1. The highest BCUT2D eigenvalue weighted by atomic mass is 16.3. The van der Waals surface area contributed by atoms with Crippen LogP contribution in [0.25, 0.3) is 0 Å². The lowest BCUT2D eigenvalue weighted by Gasteiger charge is -2.27. The van der Waals surface area contributed by atoms with Gasteiger partial charge in [0.25, 0.3) is 0 Å². The van der Waals surface area contributed by atoms with E-state index in [2.05, 4.69) is 19.2 Å². The van der Waals surface area contributed by atoms with Crippen LogP contribution in [-0.2, 0) is 4.79 Å². The largest absolute Gasteiger partial charge is 0.508 e. The average molecular weight is 370 g/mol. The van der Waals surface area contributed by atoms with Gasteiger partial charge in [-0.3, -0.25) is 4.79 Å². The first-order valence-corrected chi connectivity index (χ1v) is 9.89. The average Bonchev–Trinajstić information content (AvgIpc) is 2.67. The van der Waals surface area contributed by atoms with Crippen molar-refractivity contribution in [2.45, 2.75) is 57.8 Å². The van der Waals surface area contributed by atoms with Crippen molar-refractivity contribution in [1.82, 2.24) is 5.32 Å². The SMILES string of the molecule is CCCCCNC(=O)C[C@@H](c1ccc(O)cc1)[C@H](CC)c1ccc(O)cc1. The van der Waals surface area contributed by atoms with Gasteiger partial charge in [-0.05, 0) is 60.1 Å². The number of amides is 1. The molecule has 4 heteroatoms. The predicted molar refractivity (Wildman–Crippen MR) is 109 cm³/mol. The van der Waals surface area contributed by atoms with E-state index in [1.807, 2.05) is 24.3 Å². The van der Waals surface area contributed by atoms with Gasteiger partial charge < -0.3 is 15.5 Å². The number of carbonyl (C=O) groups excluding carboxylic acids is 1. The van der Waals surface area contributed by atoms with Gasteiger partial charge in [0.15, 0.2) is 0 Å². The molecule has 4 nitrogen and oxygen atoms in total. The molecule has 146 valence electrons. The van der Waals surface area contributed by atoms with E-state index in [1.54, 1.807) is 24.3 Å². The number of nitrogens with one attached hydrogen (secondary N) is 1. The molecule has 0 saturated carbocycles. The summed E-state index contributed by atoms with van der Waals surface area (Å²) < 4.78 is 0. The molecule has 0 unspecified atom stereocenters. The highest BCUT2D eigenvalue weighted by molar-refractivity contribution is 5.77. The molecule has 2 aromatic rings. The molecule has 0 aliphatic carbocycles. The smallest absolute Gasteiger partial charge is 0.220 e. The standard InChI is InChI=1S/C23H31NO3/c1-3-5-6-15-24-23(27)16-22(18-9-13-20(26)14-10-18)21(4-2)17-7-11-19(25)12-8-17/h7-14,21-22,25-26H,3-6,15-16H2,1-2H3,(H,24,27)/t21-,22+/m1/s1. The first kappa shape index (κ1) is 20.8. The Labute approximate surface area is 162 Å². The molecule has 1 amide bonds. The van der Waals surface area contributed by atoms with E-state index in [0.29, 0.717) is 13.0 Å². The normalized spacial score (nSPS) is 13.1. The van der Waals surface area contributed by atoms with Crippen molar-refractivity contribution < 1.29 is 15.0 Å². The Morgan fingerprint density at radius 2 is 1.37 bits per heavy atom. The summed E-state index contributed by atoms with van der Waals surface area (Å²) in [4.78, 5) is 12.6. The summed E-state index contributed by atoms with van der Waals surface area (Å²) in [7, 11) is 0. The van der Waals surface area contributed by atoms with Crippen molar-refractivity contribution in [1.29, 1.82) is 0 Å². The molecule has 0 aliphatic heterocycles. The summed E-state index contributed by atoms with van der Waals surface area (Å²) in [5.41, 5.74) is 2.14. The van der Waals surface area contributed by atoms with Crippen LogP contribution in [0.1, 0.15) is 68.9 Å². The molecular weight excluding hydrogens is 338 g/mol. The molecule has 3 N–H and O–H groups in total. The summed E-state index contributed by atoms with van der Waals surface area (Å²) >= 11 is 0. The van der Waals surface area contributed by atoms with Gasteiger partial charge in [-0.1, -0.05) is 51.0 Å². The second kappa shape index (κ2) is 10.6. The zero-order valence-corrected chi connectivity index (χ0v) is 16.3. The maximum Gasteiger partial charge on any atom is 0.220 e. The number of phenols is 2. The first-order valence-electron chi connectivity index (χ1n) is 9.89. The van der Waals surface area contributed by atoms with Crippen molar-refractivity contribution in [2.24, 2.45) is 0 Å². The Bertz CT molecular complexity index is 695. The number of unbranched alkanes of at least 4 members (excludes halogenated alkanes) is 2. The van der Waals surface area contributed by atoms with Crippen LogP contribution in [0.3, 0.4) is 0 Å². The monoisotopic (exact) mass is 369 g/mol. The number of hydrogen-bond acceptors (Lipinski definition) is 3. The van der Waals surface area contributed by atoms with Gasteiger partial charge in [0.1, 0.15) is 11.5 Å². The third-order valence-corrected chi connectivity index (χ3v) is 5.08. The van der Waals surface area contributed by atoms with Crippen LogP contribution in [0.2, 0.25) is 0 Å². The van der Waals surface area contributed by atoms with Gasteiger partial charge >= 0.3 is 0 Å². The molecule has 0 spiro atoms. The molecule has 2 atom stereocenters. The maximum absolute atomic E-state index is 12.6. The van der Waals surface area contributed by atoms with Crippen molar-refractivity contribution in [3.63, 3.8) is 0 Å². The van der Waals surface area contributed by atoms with Crippen molar-refractivity contribution in [2.75, 3.05) is 6.54 Å². The maximum atomic E-state index is 12.6. The summed E-state index contributed by atoms with van der Waals surface area (Å²) in [6.45, 7) is 4.97. The summed E-state index contributed by atoms with van der Waals surface area (Å²) in [6.07, 6.45) is 4.52. The van der Waals surface area contributed by atoms with Gasteiger partial charge in [-0.2, -0.15) is 0 Å². The second-order valence-corrected chi connectivity index (χ2v) is 7.07. The summed E-state index contributed by atoms with van der Waals surface area (Å²) in [5, 5.41) is 22.3. The third-order valence-electron chi connectivity index (χ3n) is 5.08. The molecule has 2 aromatic carbocycles. The number of aromatic hydroxyl groups is 2. The van der Waals surface area contributed by atoms with Crippen LogP contribution < -0.4 is 5.32 Å². The molecule has 2 rings (SSSR count). The van der Waals surface area contributed by atoms with Crippen LogP contribution in [0, 0.1) is 0 Å². The third kappa shape index (κ3) is 6.31. The minimum atomic E-state index is 0.00585. The van der Waals surface area contributed by atoms with Gasteiger partial charge in [0.2, 0.25) is 5.91 Å².